The van der Waals surface area contributed by atoms with Crippen molar-refractivity contribution in [3.05, 3.63) is 0 Å². The molecule has 124 valence electrons. The SMILES string of the molecule is CCCCCCCCN[C@H]1CN2CCC(O)C2[C@@H](O)[C@@H]1O. The van der Waals surface area contributed by atoms with E-state index < -0.39 is 18.3 Å². The summed E-state index contributed by atoms with van der Waals surface area (Å²) in [5, 5.41) is 33.7. The molecule has 0 aromatic rings. The van der Waals surface area contributed by atoms with Crippen molar-refractivity contribution in [2.75, 3.05) is 19.6 Å². The number of hydrogen-bond donors (Lipinski definition) is 4. The zero-order valence-electron chi connectivity index (χ0n) is 13.2. The standard InChI is InChI=1S/C16H32N2O3/c1-2-3-4-5-6-7-9-17-12-11-18-10-8-13(19)14(18)16(21)15(12)20/h12-17,19-21H,2-11H2,1H3/t12-,13?,14?,15+,16+/m0/s1. The van der Waals surface area contributed by atoms with E-state index in [1.807, 2.05) is 0 Å². The predicted molar refractivity (Wildman–Crippen MR) is 83.2 cm³/mol. The molecule has 0 aromatic heterocycles. The highest BCUT2D eigenvalue weighted by Gasteiger charge is 2.47. The molecular formula is C16H32N2O3. The van der Waals surface area contributed by atoms with E-state index in [9.17, 15) is 15.3 Å². The van der Waals surface area contributed by atoms with Crippen molar-refractivity contribution >= 4 is 0 Å². The Morgan fingerprint density at radius 1 is 1.00 bits per heavy atom. The van der Waals surface area contributed by atoms with Gasteiger partial charge in [0, 0.05) is 19.1 Å². The van der Waals surface area contributed by atoms with Gasteiger partial charge in [0.15, 0.2) is 0 Å². The maximum atomic E-state index is 10.2. The largest absolute Gasteiger partial charge is 0.391 e. The summed E-state index contributed by atoms with van der Waals surface area (Å²) in [6, 6.07) is -0.371. The molecule has 2 unspecified atom stereocenters. The second-order valence-corrected chi connectivity index (χ2v) is 6.65. The lowest BCUT2D eigenvalue weighted by Gasteiger charge is -2.43. The molecular weight excluding hydrogens is 268 g/mol. The Balaban J connectivity index is 1.67. The highest BCUT2D eigenvalue weighted by molar-refractivity contribution is 5.03. The molecule has 2 saturated heterocycles. The first-order chi connectivity index (χ1) is 10.1. The minimum absolute atomic E-state index is 0.0859. The van der Waals surface area contributed by atoms with Gasteiger partial charge in [-0.3, -0.25) is 4.90 Å². The van der Waals surface area contributed by atoms with Crippen LogP contribution in [0.4, 0.5) is 0 Å². The summed E-state index contributed by atoms with van der Waals surface area (Å²) >= 11 is 0. The second kappa shape index (κ2) is 8.44. The van der Waals surface area contributed by atoms with Gasteiger partial charge < -0.3 is 20.6 Å². The van der Waals surface area contributed by atoms with Crippen molar-refractivity contribution < 1.29 is 15.3 Å². The number of aliphatic hydroxyl groups is 3. The molecule has 0 spiro atoms. The average molecular weight is 300 g/mol. The first kappa shape index (κ1) is 17.2. The normalized spacial score (nSPS) is 36.9. The van der Waals surface area contributed by atoms with Gasteiger partial charge in [0.05, 0.1) is 24.4 Å². The third-order valence-electron chi connectivity index (χ3n) is 5.01. The van der Waals surface area contributed by atoms with Gasteiger partial charge in [-0.25, -0.2) is 0 Å². The first-order valence-corrected chi connectivity index (χ1v) is 8.66. The molecule has 5 heteroatoms. The molecule has 0 aliphatic carbocycles. The number of nitrogens with zero attached hydrogens (tertiary/aromatic N) is 1. The molecule has 0 saturated carbocycles. The molecule has 2 heterocycles. The highest BCUT2D eigenvalue weighted by atomic mass is 16.3. The van der Waals surface area contributed by atoms with Crippen molar-refractivity contribution in [3.63, 3.8) is 0 Å². The maximum Gasteiger partial charge on any atom is 0.0994 e. The van der Waals surface area contributed by atoms with Crippen LogP contribution >= 0.6 is 0 Å². The lowest BCUT2D eigenvalue weighted by atomic mass is 9.91. The number of piperidine rings is 1. The van der Waals surface area contributed by atoms with Crippen molar-refractivity contribution in [3.8, 4) is 0 Å². The van der Waals surface area contributed by atoms with Gasteiger partial charge in [-0.05, 0) is 19.4 Å². The zero-order chi connectivity index (χ0) is 15.2. The lowest BCUT2D eigenvalue weighted by molar-refractivity contribution is -0.101. The van der Waals surface area contributed by atoms with Crippen LogP contribution in [0, 0.1) is 0 Å². The number of rotatable bonds is 8. The van der Waals surface area contributed by atoms with Crippen LogP contribution < -0.4 is 5.32 Å². The van der Waals surface area contributed by atoms with Crippen LogP contribution in [0.15, 0.2) is 0 Å². The quantitative estimate of drug-likeness (QED) is 0.491. The fourth-order valence-electron chi connectivity index (χ4n) is 3.70. The molecule has 2 aliphatic heterocycles. The van der Waals surface area contributed by atoms with Gasteiger partial charge in [0.25, 0.3) is 0 Å². The maximum absolute atomic E-state index is 10.2. The van der Waals surface area contributed by atoms with E-state index >= 15 is 0 Å². The Hall–Kier alpha value is -0.200. The molecule has 2 fully saturated rings. The summed E-state index contributed by atoms with van der Waals surface area (Å²) in [4.78, 5) is 2.11. The molecule has 5 atom stereocenters. The molecule has 0 radical (unpaired) electrons. The third kappa shape index (κ3) is 4.39. The predicted octanol–water partition coefficient (Wildman–Crippen LogP) is 0.476. The Morgan fingerprint density at radius 2 is 1.71 bits per heavy atom. The Morgan fingerprint density at radius 3 is 2.48 bits per heavy atom. The highest BCUT2D eigenvalue weighted by Crippen LogP contribution is 2.28. The topological polar surface area (TPSA) is 76.0 Å². The fourth-order valence-corrected chi connectivity index (χ4v) is 3.70. The van der Waals surface area contributed by atoms with Crippen LogP contribution in [0.25, 0.3) is 0 Å². The average Bonchev–Trinajstić information content (AvgIpc) is 2.84. The van der Waals surface area contributed by atoms with Crippen molar-refractivity contribution in [1.29, 1.82) is 0 Å². The van der Waals surface area contributed by atoms with Gasteiger partial charge in [-0.1, -0.05) is 39.0 Å². The Kier molecular flexibility index (Phi) is 6.89. The summed E-state index contributed by atoms with van der Waals surface area (Å²) in [6.07, 6.45) is 6.09. The Labute approximate surface area is 128 Å². The van der Waals surface area contributed by atoms with Gasteiger partial charge in [-0.15, -0.1) is 0 Å². The van der Waals surface area contributed by atoms with E-state index in [-0.39, 0.29) is 12.1 Å². The molecule has 0 aromatic carbocycles. The molecule has 4 N–H and O–H groups in total. The van der Waals surface area contributed by atoms with Crippen LogP contribution in [0.2, 0.25) is 0 Å². The smallest absolute Gasteiger partial charge is 0.0994 e. The number of unbranched alkanes of at least 4 members (excludes halogenated alkanes) is 5. The minimum Gasteiger partial charge on any atom is -0.391 e. The van der Waals surface area contributed by atoms with Crippen LogP contribution in [0.3, 0.4) is 0 Å². The summed E-state index contributed by atoms with van der Waals surface area (Å²) < 4.78 is 0. The van der Waals surface area contributed by atoms with Gasteiger partial charge in [0.2, 0.25) is 0 Å². The number of fused-ring (bicyclic) bond motifs is 1. The van der Waals surface area contributed by atoms with Gasteiger partial charge >= 0.3 is 0 Å². The molecule has 5 nitrogen and oxygen atoms in total. The summed E-state index contributed by atoms with van der Waals surface area (Å²) in [7, 11) is 0. The monoisotopic (exact) mass is 300 g/mol. The second-order valence-electron chi connectivity index (χ2n) is 6.65. The molecule has 21 heavy (non-hydrogen) atoms. The zero-order valence-corrected chi connectivity index (χ0v) is 13.2. The van der Waals surface area contributed by atoms with E-state index in [2.05, 4.69) is 17.1 Å². The van der Waals surface area contributed by atoms with E-state index in [4.69, 9.17) is 0 Å². The number of aliphatic hydroxyl groups excluding tert-OH is 3. The Bertz CT molecular complexity index is 303. The van der Waals surface area contributed by atoms with E-state index in [1.165, 1.54) is 32.1 Å². The molecule has 0 amide bonds. The summed E-state index contributed by atoms with van der Waals surface area (Å²) in [5.74, 6) is 0. The summed E-state index contributed by atoms with van der Waals surface area (Å²) in [6.45, 7) is 4.64. The minimum atomic E-state index is -0.849. The number of hydrogen-bond acceptors (Lipinski definition) is 5. The van der Waals surface area contributed by atoms with Crippen LogP contribution in [-0.2, 0) is 0 Å². The number of nitrogens with one attached hydrogen (secondary N) is 1. The molecule has 0 bridgehead atoms. The van der Waals surface area contributed by atoms with Crippen LogP contribution in [0.5, 0.6) is 0 Å². The molecule has 2 aliphatic rings. The third-order valence-corrected chi connectivity index (χ3v) is 5.01. The fraction of sp³-hybridized carbons (Fsp3) is 1.00. The van der Waals surface area contributed by atoms with E-state index in [1.54, 1.807) is 0 Å². The van der Waals surface area contributed by atoms with Crippen LogP contribution in [-0.4, -0.2) is 70.2 Å². The molecule has 2 rings (SSSR count). The van der Waals surface area contributed by atoms with Gasteiger partial charge in [-0.2, -0.15) is 0 Å². The van der Waals surface area contributed by atoms with E-state index in [0.717, 1.165) is 26.1 Å². The van der Waals surface area contributed by atoms with Crippen molar-refractivity contribution in [2.24, 2.45) is 0 Å². The van der Waals surface area contributed by atoms with E-state index in [0.29, 0.717) is 6.42 Å². The van der Waals surface area contributed by atoms with Crippen molar-refractivity contribution in [2.45, 2.75) is 82.3 Å². The van der Waals surface area contributed by atoms with Crippen LogP contribution in [0.1, 0.15) is 51.9 Å². The first-order valence-electron chi connectivity index (χ1n) is 8.66. The van der Waals surface area contributed by atoms with Crippen molar-refractivity contribution in [1.82, 2.24) is 10.2 Å². The lowest BCUT2D eigenvalue weighted by Crippen LogP contribution is -2.65. The van der Waals surface area contributed by atoms with Gasteiger partial charge in [0.1, 0.15) is 0 Å². The summed E-state index contributed by atoms with van der Waals surface area (Å²) in [5.41, 5.74) is 0.